The van der Waals surface area contributed by atoms with Crippen molar-refractivity contribution in [1.29, 1.82) is 0 Å². The fourth-order valence-electron chi connectivity index (χ4n) is 1.56. The summed E-state index contributed by atoms with van der Waals surface area (Å²) in [5, 5.41) is -1.25. The molecule has 0 aliphatic carbocycles. The minimum atomic E-state index is -4.27. The van der Waals surface area contributed by atoms with Crippen LogP contribution >= 0.6 is 11.8 Å². The number of alkyl halides is 3. The fourth-order valence-corrected chi connectivity index (χ4v) is 2.54. The molecular weight excluding hydrogens is 263 g/mol. The van der Waals surface area contributed by atoms with Crippen molar-refractivity contribution < 1.29 is 13.2 Å². The molecule has 0 radical (unpaired) electrons. The van der Waals surface area contributed by atoms with Gasteiger partial charge in [0, 0.05) is 0 Å². The number of rotatable bonds is 4. The zero-order chi connectivity index (χ0) is 13.2. The Balaban J connectivity index is 2.20. The van der Waals surface area contributed by atoms with Gasteiger partial charge in [0.15, 0.2) is 5.16 Å². The summed E-state index contributed by atoms with van der Waals surface area (Å²) < 4.78 is 38.2. The topological polar surface area (TPSA) is 54.7 Å². The van der Waals surface area contributed by atoms with Gasteiger partial charge in [0.25, 0.3) is 0 Å². The summed E-state index contributed by atoms with van der Waals surface area (Å²) in [6.07, 6.45) is -4.39. The van der Waals surface area contributed by atoms with Gasteiger partial charge in [0.05, 0.1) is 11.0 Å². The van der Waals surface area contributed by atoms with Crippen LogP contribution in [-0.2, 0) is 0 Å². The molecule has 0 fully saturated rings. The number of H-pyrrole nitrogens is 1. The lowest BCUT2D eigenvalue weighted by atomic mass is 10.3. The van der Waals surface area contributed by atoms with E-state index < -0.39 is 11.4 Å². The van der Waals surface area contributed by atoms with Crippen molar-refractivity contribution in [2.45, 2.75) is 23.0 Å². The lowest BCUT2D eigenvalue weighted by Crippen LogP contribution is -2.28. The van der Waals surface area contributed by atoms with E-state index in [1.54, 1.807) is 24.3 Å². The molecule has 0 bridgehead atoms. The molecule has 0 saturated carbocycles. The number of nitrogens with zero attached hydrogens (tertiary/aromatic N) is 1. The third-order valence-electron chi connectivity index (χ3n) is 2.42. The number of hydrogen-bond acceptors (Lipinski definition) is 3. The van der Waals surface area contributed by atoms with E-state index in [-0.39, 0.29) is 18.1 Å². The predicted octanol–water partition coefficient (Wildman–Crippen LogP) is 2.93. The molecule has 98 valence electrons. The minimum absolute atomic E-state index is 0.00257. The van der Waals surface area contributed by atoms with E-state index >= 15 is 0 Å². The maximum absolute atomic E-state index is 12.7. The predicted molar refractivity (Wildman–Crippen MR) is 65.5 cm³/mol. The van der Waals surface area contributed by atoms with Gasteiger partial charge in [0.2, 0.25) is 0 Å². The Bertz CT molecular complexity index is 490. The highest BCUT2D eigenvalue weighted by Gasteiger charge is 2.40. The SMILES string of the molecule is NCCC(Sc1nc2ccccc2[nH]1)C(F)(F)F. The van der Waals surface area contributed by atoms with Gasteiger partial charge in [-0.15, -0.1) is 0 Å². The van der Waals surface area contributed by atoms with E-state index in [4.69, 9.17) is 5.73 Å². The largest absolute Gasteiger partial charge is 0.401 e. The Morgan fingerprint density at radius 2 is 2.06 bits per heavy atom. The van der Waals surface area contributed by atoms with Gasteiger partial charge in [-0.05, 0) is 25.1 Å². The van der Waals surface area contributed by atoms with E-state index in [1.807, 2.05) is 0 Å². The maximum atomic E-state index is 12.7. The monoisotopic (exact) mass is 275 g/mol. The summed E-state index contributed by atoms with van der Waals surface area (Å²) >= 11 is 0.674. The zero-order valence-electron chi connectivity index (χ0n) is 9.37. The van der Waals surface area contributed by atoms with Crippen LogP contribution in [-0.4, -0.2) is 27.9 Å². The second-order valence-electron chi connectivity index (χ2n) is 3.78. The smallest absolute Gasteiger partial charge is 0.333 e. The summed E-state index contributed by atoms with van der Waals surface area (Å²) in [5.74, 6) is 0. The highest BCUT2D eigenvalue weighted by atomic mass is 32.2. The van der Waals surface area contributed by atoms with Crippen LogP contribution in [0.2, 0.25) is 0 Å². The average molecular weight is 275 g/mol. The molecule has 1 aromatic carbocycles. The summed E-state index contributed by atoms with van der Waals surface area (Å²) in [5.41, 5.74) is 6.60. The Morgan fingerprint density at radius 3 is 2.67 bits per heavy atom. The van der Waals surface area contributed by atoms with Crippen LogP contribution in [0.3, 0.4) is 0 Å². The van der Waals surface area contributed by atoms with Crippen LogP contribution < -0.4 is 5.73 Å². The Labute approximate surface area is 106 Å². The van der Waals surface area contributed by atoms with Crippen LogP contribution in [0.1, 0.15) is 6.42 Å². The molecule has 2 rings (SSSR count). The number of benzene rings is 1. The van der Waals surface area contributed by atoms with E-state index in [0.717, 1.165) is 5.52 Å². The average Bonchev–Trinajstić information content (AvgIpc) is 2.69. The number of fused-ring (bicyclic) bond motifs is 1. The Kier molecular flexibility index (Phi) is 3.82. The van der Waals surface area contributed by atoms with Crippen molar-refractivity contribution in [2.75, 3.05) is 6.54 Å². The van der Waals surface area contributed by atoms with Gasteiger partial charge >= 0.3 is 6.18 Å². The molecular formula is C11H12F3N3S. The molecule has 0 aliphatic heterocycles. The van der Waals surface area contributed by atoms with Crippen LogP contribution in [0.5, 0.6) is 0 Å². The highest BCUT2D eigenvalue weighted by Crippen LogP contribution is 2.36. The third kappa shape index (κ3) is 2.97. The lowest BCUT2D eigenvalue weighted by Gasteiger charge is -2.17. The van der Waals surface area contributed by atoms with Crippen LogP contribution in [0.15, 0.2) is 29.4 Å². The van der Waals surface area contributed by atoms with E-state index in [1.165, 1.54) is 0 Å². The van der Waals surface area contributed by atoms with Crippen LogP contribution in [0, 0.1) is 0 Å². The normalized spacial score (nSPS) is 14.0. The third-order valence-corrected chi connectivity index (χ3v) is 3.62. The second-order valence-corrected chi connectivity index (χ2v) is 4.98. The van der Waals surface area contributed by atoms with Gasteiger partial charge in [-0.25, -0.2) is 4.98 Å². The van der Waals surface area contributed by atoms with Crippen molar-refractivity contribution in [3.8, 4) is 0 Å². The Hall–Kier alpha value is -1.21. The van der Waals surface area contributed by atoms with E-state index in [0.29, 0.717) is 17.3 Å². The van der Waals surface area contributed by atoms with Gasteiger partial charge in [-0.2, -0.15) is 13.2 Å². The van der Waals surface area contributed by atoms with Gasteiger partial charge in [-0.1, -0.05) is 23.9 Å². The van der Waals surface area contributed by atoms with Crippen molar-refractivity contribution in [2.24, 2.45) is 5.73 Å². The summed E-state index contributed by atoms with van der Waals surface area (Å²) in [7, 11) is 0. The number of aromatic nitrogens is 2. The first-order chi connectivity index (χ1) is 8.50. The van der Waals surface area contributed by atoms with Crippen molar-refractivity contribution >= 4 is 22.8 Å². The minimum Gasteiger partial charge on any atom is -0.333 e. The quantitative estimate of drug-likeness (QED) is 0.843. The first kappa shape index (κ1) is 13.2. The van der Waals surface area contributed by atoms with Gasteiger partial charge in [-0.3, -0.25) is 0 Å². The summed E-state index contributed by atoms with van der Waals surface area (Å²) in [4.78, 5) is 6.98. The molecule has 0 spiro atoms. The number of nitrogens with two attached hydrogens (primary N) is 1. The number of nitrogens with one attached hydrogen (secondary N) is 1. The molecule has 1 atom stereocenters. The second kappa shape index (κ2) is 5.19. The summed E-state index contributed by atoms with van der Waals surface area (Å²) in [6.45, 7) is -0.00257. The number of para-hydroxylation sites is 2. The molecule has 3 N–H and O–H groups in total. The molecule has 7 heteroatoms. The maximum Gasteiger partial charge on any atom is 0.401 e. The number of thioether (sulfide) groups is 1. The van der Waals surface area contributed by atoms with Gasteiger partial charge < -0.3 is 10.7 Å². The van der Waals surface area contributed by atoms with E-state index in [2.05, 4.69) is 9.97 Å². The molecule has 2 aromatic rings. The lowest BCUT2D eigenvalue weighted by molar-refractivity contribution is -0.129. The Morgan fingerprint density at radius 1 is 1.33 bits per heavy atom. The molecule has 1 aromatic heterocycles. The first-order valence-corrected chi connectivity index (χ1v) is 6.27. The van der Waals surface area contributed by atoms with Crippen molar-refractivity contribution in [3.63, 3.8) is 0 Å². The molecule has 1 unspecified atom stereocenters. The number of halogens is 3. The summed E-state index contributed by atoms with van der Waals surface area (Å²) in [6, 6.07) is 7.12. The van der Waals surface area contributed by atoms with Crippen LogP contribution in [0.4, 0.5) is 13.2 Å². The van der Waals surface area contributed by atoms with Crippen molar-refractivity contribution in [3.05, 3.63) is 24.3 Å². The molecule has 18 heavy (non-hydrogen) atoms. The highest BCUT2D eigenvalue weighted by molar-refractivity contribution is 7.99. The standard InChI is InChI=1S/C11H12F3N3S/c12-11(13,14)9(5-6-15)18-10-16-7-3-1-2-4-8(7)17-10/h1-4,9H,5-6,15H2,(H,16,17). The van der Waals surface area contributed by atoms with Crippen molar-refractivity contribution in [1.82, 2.24) is 9.97 Å². The molecule has 0 saturated heterocycles. The van der Waals surface area contributed by atoms with Crippen LogP contribution in [0.25, 0.3) is 11.0 Å². The van der Waals surface area contributed by atoms with E-state index in [9.17, 15) is 13.2 Å². The first-order valence-electron chi connectivity index (χ1n) is 5.39. The van der Waals surface area contributed by atoms with Gasteiger partial charge in [0.1, 0.15) is 5.25 Å². The molecule has 0 amide bonds. The number of imidazole rings is 1. The molecule has 0 aliphatic rings. The molecule has 1 heterocycles. The molecule has 3 nitrogen and oxygen atoms in total. The zero-order valence-corrected chi connectivity index (χ0v) is 10.2. The fraction of sp³-hybridized carbons (Fsp3) is 0.364. The number of aromatic amines is 1. The number of hydrogen-bond donors (Lipinski definition) is 2.